The zero-order valence-corrected chi connectivity index (χ0v) is 15.6. The number of anilines is 1. The zero-order chi connectivity index (χ0) is 19.0. The third-order valence-electron chi connectivity index (χ3n) is 5.35. The molecular weight excluding hydrogens is 365 g/mol. The smallest absolute Gasteiger partial charge is 0.267 e. The molecule has 1 aliphatic heterocycles. The predicted octanol–water partition coefficient (Wildman–Crippen LogP) is 4.52. The molecule has 0 bridgehead atoms. The monoisotopic (exact) mass is 385 g/mol. The van der Waals surface area contributed by atoms with Crippen LogP contribution in [0.15, 0.2) is 42.5 Å². The van der Waals surface area contributed by atoms with E-state index >= 15 is 0 Å². The summed E-state index contributed by atoms with van der Waals surface area (Å²) in [5.41, 5.74) is 8.89. The molecule has 1 aromatic heterocycles. The number of carbonyl (C=O) groups is 1. The molecule has 2 heterocycles. The molecule has 2 aromatic carbocycles. The van der Waals surface area contributed by atoms with Gasteiger partial charge in [-0.1, -0.05) is 23.7 Å². The van der Waals surface area contributed by atoms with E-state index in [2.05, 4.69) is 9.88 Å². The molecule has 0 atom stereocenters. The van der Waals surface area contributed by atoms with Gasteiger partial charge >= 0.3 is 0 Å². The lowest BCUT2D eigenvalue weighted by Crippen LogP contribution is -2.35. The standard InChI is InChI=1S/C21H21ClFN3O/c22-15-3-6-17-18(12-15)25-19(21(24)27)20(17)26-9-7-14(8-10-26)11-13-1-4-16(23)5-2-13/h1-6,12,14,25H,7-11H2,(H2,24,27). The number of amides is 1. The van der Waals surface area contributed by atoms with E-state index in [1.165, 1.54) is 12.1 Å². The van der Waals surface area contributed by atoms with Gasteiger partial charge in [-0.3, -0.25) is 4.79 Å². The first-order valence-corrected chi connectivity index (χ1v) is 9.49. The maximum absolute atomic E-state index is 13.1. The van der Waals surface area contributed by atoms with Crippen molar-refractivity contribution >= 4 is 34.1 Å². The van der Waals surface area contributed by atoms with E-state index in [1.807, 2.05) is 30.3 Å². The molecule has 1 saturated heterocycles. The van der Waals surface area contributed by atoms with Crippen molar-refractivity contribution in [1.82, 2.24) is 4.98 Å². The average Bonchev–Trinajstić information content (AvgIpc) is 3.03. The second kappa shape index (κ2) is 7.24. The Morgan fingerprint density at radius 1 is 1.19 bits per heavy atom. The number of hydrogen-bond donors (Lipinski definition) is 2. The molecule has 6 heteroatoms. The van der Waals surface area contributed by atoms with Gasteiger partial charge < -0.3 is 15.6 Å². The Morgan fingerprint density at radius 3 is 2.56 bits per heavy atom. The average molecular weight is 386 g/mol. The molecule has 140 valence electrons. The van der Waals surface area contributed by atoms with Gasteiger partial charge in [0.15, 0.2) is 0 Å². The second-order valence-electron chi connectivity index (χ2n) is 7.16. The minimum Gasteiger partial charge on any atom is -0.369 e. The number of hydrogen-bond acceptors (Lipinski definition) is 2. The highest BCUT2D eigenvalue weighted by Crippen LogP contribution is 2.35. The number of aromatic nitrogens is 1. The fraction of sp³-hybridized carbons (Fsp3) is 0.286. The van der Waals surface area contributed by atoms with Crippen LogP contribution in [0.25, 0.3) is 10.9 Å². The minimum absolute atomic E-state index is 0.202. The van der Waals surface area contributed by atoms with Crippen LogP contribution in [0.2, 0.25) is 5.02 Å². The molecule has 4 nitrogen and oxygen atoms in total. The van der Waals surface area contributed by atoms with Crippen molar-refractivity contribution in [3.8, 4) is 0 Å². The largest absolute Gasteiger partial charge is 0.369 e. The van der Waals surface area contributed by atoms with E-state index in [9.17, 15) is 9.18 Å². The van der Waals surface area contributed by atoms with Crippen LogP contribution in [-0.4, -0.2) is 24.0 Å². The number of rotatable bonds is 4. The number of H-pyrrole nitrogens is 1. The summed E-state index contributed by atoms with van der Waals surface area (Å²) in [6.07, 6.45) is 2.96. The fourth-order valence-corrected chi connectivity index (χ4v) is 4.15. The number of nitrogens with two attached hydrogens (primary N) is 1. The third-order valence-corrected chi connectivity index (χ3v) is 5.58. The van der Waals surface area contributed by atoms with E-state index in [4.69, 9.17) is 17.3 Å². The molecule has 0 spiro atoms. The van der Waals surface area contributed by atoms with E-state index in [0.717, 1.165) is 54.5 Å². The lowest BCUT2D eigenvalue weighted by molar-refractivity contribution is 0.0996. The summed E-state index contributed by atoms with van der Waals surface area (Å²) in [4.78, 5) is 17.3. The van der Waals surface area contributed by atoms with Crippen LogP contribution in [-0.2, 0) is 6.42 Å². The van der Waals surface area contributed by atoms with E-state index < -0.39 is 5.91 Å². The Bertz CT molecular complexity index is 975. The maximum Gasteiger partial charge on any atom is 0.267 e. The number of nitrogens with zero attached hydrogens (tertiary/aromatic N) is 1. The number of carbonyl (C=O) groups excluding carboxylic acids is 1. The molecule has 3 N–H and O–H groups in total. The SMILES string of the molecule is NC(=O)c1[nH]c2cc(Cl)ccc2c1N1CCC(Cc2ccc(F)cc2)CC1. The number of fused-ring (bicyclic) bond motifs is 1. The molecule has 1 aliphatic rings. The van der Waals surface area contributed by atoms with Crippen LogP contribution < -0.4 is 10.6 Å². The summed E-state index contributed by atoms with van der Waals surface area (Å²) in [5.74, 6) is -0.124. The van der Waals surface area contributed by atoms with Crippen molar-refractivity contribution in [1.29, 1.82) is 0 Å². The highest BCUT2D eigenvalue weighted by molar-refractivity contribution is 6.31. The van der Waals surface area contributed by atoms with E-state index in [0.29, 0.717) is 16.6 Å². The third kappa shape index (κ3) is 3.65. The molecule has 27 heavy (non-hydrogen) atoms. The van der Waals surface area contributed by atoms with Crippen LogP contribution in [0.3, 0.4) is 0 Å². The Kier molecular flexibility index (Phi) is 4.79. The molecule has 1 amide bonds. The quantitative estimate of drug-likeness (QED) is 0.693. The molecular formula is C21H21ClFN3O. The summed E-state index contributed by atoms with van der Waals surface area (Å²) < 4.78 is 13.1. The summed E-state index contributed by atoms with van der Waals surface area (Å²) in [6.45, 7) is 1.70. The fourth-order valence-electron chi connectivity index (χ4n) is 3.98. The van der Waals surface area contributed by atoms with Crippen molar-refractivity contribution in [2.24, 2.45) is 11.7 Å². The van der Waals surface area contributed by atoms with Gasteiger partial charge in [-0.25, -0.2) is 4.39 Å². The Labute approximate surface area is 162 Å². The molecule has 3 aromatic rings. The Hall–Kier alpha value is -2.53. The van der Waals surface area contributed by atoms with Crippen molar-refractivity contribution in [2.75, 3.05) is 18.0 Å². The van der Waals surface area contributed by atoms with Gasteiger partial charge in [-0.2, -0.15) is 0 Å². The predicted molar refractivity (Wildman–Crippen MR) is 107 cm³/mol. The van der Waals surface area contributed by atoms with Crippen molar-refractivity contribution in [3.63, 3.8) is 0 Å². The summed E-state index contributed by atoms with van der Waals surface area (Å²) in [5, 5.41) is 1.58. The lowest BCUT2D eigenvalue weighted by atomic mass is 9.90. The van der Waals surface area contributed by atoms with Gasteiger partial charge in [0.2, 0.25) is 0 Å². The first-order valence-electron chi connectivity index (χ1n) is 9.11. The van der Waals surface area contributed by atoms with E-state index in [-0.39, 0.29) is 5.82 Å². The van der Waals surface area contributed by atoms with Crippen LogP contribution >= 0.6 is 11.6 Å². The molecule has 1 fully saturated rings. The van der Waals surface area contributed by atoms with Gasteiger partial charge in [0, 0.05) is 29.0 Å². The first-order chi connectivity index (χ1) is 13.0. The van der Waals surface area contributed by atoms with Crippen LogP contribution in [0.4, 0.5) is 10.1 Å². The number of nitrogens with one attached hydrogen (secondary N) is 1. The Morgan fingerprint density at radius 2 is 1.89 bits per heavy atom. The molecule has 0 saturated carbocycles. The van der Waals surface area contributed by atoms with Gasteiger partial charge in [-0.15, -0.1) is 0 Å². The summed E-state index contributed by atoms with van der Waals surface area (Å²) >= 11 is 6.08. The van der Waals surface area contributed by atoms with E-state index in [1.54, 1.807) is 0 Å². The van der Waals surface area contributed by atoms with Crippen molar-refractivity contribution in [3.05, 3.63) is 64.6 Å². The lowest BCUT2D eigenvalue weighted by Gasteiger charge is -2.34. The van der Waals surface area contributed by atoms with Crippen molar-refractivity contribution < 1.29 is 9.18 Å². The summed E-state index contributed by atoms with van der Waals surface area (Å²) in [7, 11) is 0. The molecule has 0 radical (unpaired) electrons. The van der Waals surface area contributed by atoms with Crippen LogP contribution in [0.5, 0.6) is 0 Å². The minimum atomic E-state index is -0.467. The summed E-state index contributed by atoms with van der Waals surface area (Å²) in [6, 6.07) is 12.3. The topological polar surface area (TPSA) is 62.1 Å². The molecule has 4 rings (SSSR count). The first kappa shape index (κ1) is 17.9. The van der Waals surface area contributed by atoms with Crippen LogP contribution in [0, 0.1) is 11.7 Å². The number of aromatic amines is 1. The maximum atomic E-state index is 13.1. The molecule has 0 unspecified atom stereocenters. The zero-order valence-electron chi connectivity index (χ0n) is 14.8. The highest BCUT2D eigenvalue weighted by atomic mass is 35.5. The highest BCUT2D eigenvalue weighted by Gasteiger charge is 2.26. The number of benzene rings is 2. The van der Waals surface area contributed by atoms with Gasteiger partial charge in [0.25, 0.3) is 5.91 Å². The number of piperidine rings is 1. The van der Waals surface area contributed by atoms with Gasteiger partial charge in [-0.05, 0) is 61.1 Å². The normalized spacial score (nSPS) is 15.4. The van der Waals surface area contributed by atoms with Crippen molar-refractivity contribution in [2.45, 2.75) is 19.3 Å². The number of primary amides is 1. The second-order valence-corrected chi connectivity index (χ2v) is 7.60. The van der Waals surface area contributed by atoms with Crippen LogP contribution in [0.1, 0.15) is 28.9 Å². The number of halogens is 2. The molecule has 0 aliphatic carbocycles. The Balaban J connectivity index is 1.53. The van der Waals surface area contributed by atoms with Gasteiger partial charge in [0.1, 0.15) is 11.5 Å². The van der Waals surface area contributed by atoms with Gasteiger partial charge in [0.05, 0.1) is 5.69 Å².